The number of alkyl carbamates (subject to hydrolysis) is 1. The molecule has 2 aromatic carbocycles. The normalized spacial score (nSPS) is 21.8. The van der Waals surface area contributed by atoms with Gasteiger partial charge in [-0.2, -0.15) is 0 Å². The number of ether oxygens (including phenoxy) is 2. The summed E-state index contributed by atoms with van der Waals surface area (Å²) in [4.78, 5) is 26.3. The Morgan fingerprint density at radius 3 is 2.49 bits per heavy atom. The lowest BCUT2D eigenvalue weighted by Crippen LogP contribution is -2.52. The molecule has 0 unspecified atom stereocenters. The molecule has 1 aromatic heterocycles. The molecule has 0 saturated carbocycles. The van der Waals surface area contributed by atoms with Crippen molar-refractivity contribution in [2.24, 2.45) is 5.92 Å². The molecule has 2 atom stereocenters. The molecule has 0 spiro atoms. The fourth-order valence-corrected chi connectivity index (χ4v) is 4.85. The number of piperidine rings is 3. The molecule has 35 heavy (non-hydrogen) atoms. The highest BCUT2D eigenvalue weighted by atomic mass is 16.6. The average Bonchev–Trinajstić information content (AvgIpc) is 3.37. The van der Waals surface area contributed by atoms with Crippen molar-refractivity contribution in [3.05, 3.63) is 89.4 Å². The van der Waals surface area contributed by atoms with Crippen LogP contribution in [0.25, 0.3) is 0 Å². The Morgan fingerprint density at radius 1 is 1.03 bits per heavy atom. The maximum absolute atomic E-state index is 13.0. The fraction of sp³-hybridized carbons (Fsp3) is 0.333. The number of fused-ring (bicyclic) bond motifs is 3. The first-order valence-electron chi connectivity index (χ1n) is 11.8. The van der Waals surface area contributed by atoms with Gasteiger partial charge in [0.05, 0.1) is 6.04 Å². The Balaban J connectivity index is 1.29. The van der Waals surface area contributed by atoms with Gasteiger partial charge < -0.3 is 24.3 Å². The quantitative estimate of drug-likeness (QED) is 0.495. The lowest BCUT2D eigenvalue weighted by molar-refractivity contribution is -0.0336. The van der Waals surface area contributed by atoms with E-state index in [4.69, 9.17) is 19.0 Å². The molecule has 2 N–H and O–H groups in total. The first-order valence-corrected chi connectivity index (χ1v) is 11.8. The van der Waals surface area contributed by atoms with Gasteiger partial charge in [0.25, 0.3) is 0 Å². The van der Waals surface area contributed by atoms with Crippen LogP contribution in [0.4, 0.5) is 4.79 Å². The van der Waals surface area contributed by atoms with Crippen molar-refractivity contribution < 1.29 is 28.6 Å². The van der Waals surface area contributed by atoms with Crippen LogP contribution in [0.2, 0.25) is 0 Å². The highest BCUT2D eigenvalue weighted by Gasteiger charge is 2.36. The van der Waals surface area contributed by atoms with E-state index in [0.717, 1.165) is 43.6 Å². The smallest absolute Gasteiger partial charge is 0.408 e. The van der Waals surface area contributed by atoms with E-state index in [0.29, 0.717) is 17.4 Å². The van der Waals surface area contributed by atoms with Gasteiger partial charge in [0, 0.05) is 6.54 Å². The van der Waals surface area contributed by atoms with E-state index in [9.17, 15) is 9.59 Å². The second kappa shape index (κ2) is 10.2. The number of nitrogens with one attached hydrogen (secondary N) is 1. The topological polar surface area (TPSA) is 101 Å². The third kappa shape index (κ3) is 5.49. The Kier molecular flexibility index (Phi) is 6.72. The van der Waals surface area contributed by atoms with Crippen LogP contribution in [0.3, 0.4) is 0 Å². The van der Waals surface area contributed by atoms with E-state index in [2.05, 4.69) is 10.2 Å². The lowest BCUT2D eigenvalue weighted by Gasteiger charge is -2.43. The highest BCUT2D eigenvalue weighted by Crippen LogP contribution is 2.30. The number of nitrogens with zero attached hydrogens (tertiary/aromatic N) is 1. The maximum atomic E-state index is 13.0. The van der Waals surface area contributed by atoms with Crippen LogP contribution in [0, 0.1) is 5.92 Å². The van der Waals surface area contributed by atoms with Gasteiger partial charge in [-0.05, 0) is 67.2 Å². The number of carboxylic acid groups (broad SMARTS) is 1. The summed E-state index contributed by atoms with van der Waals surface area (Å²) in [5.74, 6) is 0.157. The Bertz CT molecular complexity index is 1170. The predicted molar refractivity (Wildman–Crippen MR) is 127 cm³/mol. The van der Waals surface area contributed by atoms with Gasteiger partial charge in [0.2, 0.25) is 5.76 Å². The molecule has 2 bridgehead atoms. The van der Waals surface area contributed by atoms with Gasteiger partial charge in [-0.1, -0.05) is 42.5 Å². The minimum atomic E-state index is -1.12. The van der Waals surface area contributed by atoms with E-state index in [1.165, 1.54) is 6.07 Å². The van der Waals surface area contributed by atoms with Crippen LogP contribution in [-0.4, -0.2) is 47.8 Å². The molecule has 182 valence electrons. The lowest BCUT2D eigenvalue weighted by atomic mass is 9.86. The summed E-state index contributed by atoms with van der Waals surface area (Å²) in [6.45, 7) is 3.05. The predicted octanol–water partition coefficient (Wildman–Crippen LogP) is 4.47. The zero-order valence-electron chi connectivity index (χ0n) is 19.3. The maximum Gasteiger partial charge on any atom is 0.408 e. The van der Waals surface area contributed by atoms with Crippen molar-refractivity contribution in [1.82, 2.24) is 10.2 Å². The van der Waals surface area contributed by atoms with Crippen LogP contribution >= 0.6 is 0 Å². The van der Waals surface area contributed by atoms with Gasteiger partial charge in [-0.15, -0.1) is 0 Å². The molecule has 0 radical (unpaired) electrons. The van der Waals surface area contributed by atoms with Crippen molar-refractivity contribution >= 4 is 12.1 Å². The number of amides is 1. The van der Waals surface area contributed by atoms with Crippen LogP contribution in [-0.2, 0) is 11.3 Å². The molecule has 0 aliphatic carbocycles. The summed E-state index contributed by atoms with van der Waals surface area (Å²) in [6.07, 6.45) is 1.64. The van der Waals surface area contributed by atoms with Crippen LogP contribution < -0.4 is 10.1 Å². The number of carbonyl (C=O) groups excluding carboxylic acids is 1. The van der Waals surface area contributed by atoms with Crippen molar-refractivity contribution in [2.45, 2.75) is 31.6 Å². The second-order valence-electron chi connectivity index (χ2n) is 9.00. The van der Waals surface area contributed by atoms with Crippen molar-refractivity contribution in [3.63, 3.8) is 0 Å². The number of carbonyl (C=O) groups is 2. The number of hydrogen-bond donors (Lipinski definition) is 2. The summed E-state index contributed by atoms with van der Waals surface area (Å²) in [5, 5.41) is 12.1. The molecule has 4 heterocycles. The van der Waals surface area contributed by atoms with Gasteiger partial charge in [-0.25, -0.2) is 9.59 Å². The van der Waals surface area contributed by atoms with E-state index in [-0.39, 0.29) is 18.5 Å². The van der Waals surface area contributed by atoms with Crippen LogP contribution in [0.5, 0.6) is 5.75 Å². The molecule has 3 aliphatic rings. The van der Waals surface area contributed by atoms with Crippen LogP contribution in [0.1, 0.15) is 46.3 Å². The van der Waals surface area contributed by atoms with Gasteiger partial charge in [-0.3, -0.25) is 4.90 Å². The Hall–Kier alpha value is -3.78. The summed E-state index contributed by atoms with van der Waals surface area (Å²) >= 11 is 0. The third-order valence-electron chi connectivity index (χ3n) is 6.69. The van der Waals surface area contributed by atoms with Gasteiger partial charge >= 0.3 is 12.1 Å². The molecule has 6 rings (SSSR count). The zero-order chi connectivity index (χ0) is 24.2. The number of hydrogen-bond acceptors (Lipinski definition) is 6. The molecule has 8 heteroatoms. The molecule has 3 aliphatic heterocycles. The Labute approximate surface area is 203 Å². The number of rotatable bonds is 8. The molecule has 8 nitrogen and oxygen atoms in total. The summed E-state index contributed by atoms with van der Waals surface area (Å²) in [7, 11) is 0. The summed E-state index contributed by atoms with van der Waals surface area (Å²) in [5.41, 5.74) is 1.76. The zero-order valence-corrected chi connectivity index (χ0v) is 19.3. The first-order chi connectivity index (χ1) is 17.0. The van der Waals surface area contributed by atoms with E-state index in [1.807, 2.05) is 48.5 Å². The monoisotopic (exact) mass is 476 g/mol. The number of benzene rings is 2. The molecule has 3 aromatic rings. The fourth-order valence-electron chi connectivity index (χ4n) is 4.85. The highest BCUT2D eigenvalue weighted by molar-refractivity contribution is 5.84. The third-order valence-corrected chi connectivity index (χ3v) is 6.69. The SMILES string of the molecule is O=C(N[C@@H](c1ccccc1)c1cccc(OCc2ccc(C(=O)O)o2)c1)O[C@H]1CN2CCC1CC2. The van der Waals surface area contributed by atoms with Crippen molar-refractivity contribution in [1.29, 1.82) is 0 Å². The van der Waals surface area contributed by atoms with Crippen molar-refractivity contribution in [2.75, 3.05) is 19.6 Å². The molecule has 3 fully saturated rings. The van der Waals surface area contributed by atoms with Crippen LogP contribution in [0.15, 0.2) is 71.1 Å². The van der Waals surface area contributed by atoms with E-state index >= 15 is 0 Å². The molecule has 3 saturated heterocycles. The van der Waals surface area contributed by atoms with Gasteiger partial charge in [0.15, 0.2) is 0 Å². The number of aromatic carboxylic acids is 1. The Morgan fingerprint density at radius 2 is 1.80 bits per heavy atom. The average molecular weight is 477 g/mol. The minimum absolute atomic E-state index is 0.0763. The number of carboxylic acids is 1. The van der Waals surface area contributed by atoms with E-state index < -0.39 is 18.1 Å². The minimum Gasteiger partial charge on any atom is -0.486 e. The second-order valence-corrected chi connectivity index (χ2v) is 9.00. The summed E-state index contributed by atoms with van der Waals surface area (Å²) < 4.78 is 17.0. The van der Waals surface area contributed by atoms with E-state index in [1.54, 1.807) is 12.1 Å². The van der Waals surface area contributed by atoms with Gasteiger partial charge in [0.1, 0.15) is 24.2 Å². The summed E-state index contributed by atoms with van der Waals surface area (Å²) in [6, 6.07) is 19.7. The largest absolute Gasteiger partial charge is 0.486 e. The van der Waals surface area contributed by atoms with Crippen molar-refractivity contribution in [3.8, 4) is 5.75 Å². The molecule has 1 amide bonds. The first kappa shape index (κ1) is 23.0. The molecular weight excluding hydrogens is 448 g/mol. The standard InChI is InChI=1S/C27H28N2O6/c30-26(31)23-10-9-22(34-23)17-33-21-8-4-7-20(15-21)25(19-5-2-1-3-6-19)28-27(32)35-24-16-29-13-11-18(24)12-14-29/h1-10,15,18,24-25H,11-14,16-17H2,(H,28,32)(H,30,31)/t24-,25-/m0/s1. The molecular formula is C27H28N2O6. The number of furan rings is 1.